The van der Waals surface area contributed by atoms with Crippen LogP contribution < -0.4 is 10.6 Å². The Labute approximate surface area is 129 Å². The van der Waals surface area contributed by atoms with Crippen LogP contribution in [0.3, 0.4) is 0 Å². The first-order valence-electron chi connectivity index (χ1n) is 7.63. The van der Waals surface area contributed by atoms with E-state index in [1.807, 2.05) is 6.07 Å². The summed E-state index contributed by atoms with van der Waals surface area (Å²) in [6, 6.07) is 1.91. The molecule has 1 heterocycles. The lowest BCUT2D eigenvalue weighted by atomic mass is 9.79. The second kappa shape index (κ2) is 8.17. The number of nitriles is 1. The summed E-state index contributed by atoms with van der Waals surface area (Å²) >= 11 is 0. The van der Waals surface area contributed by atoms with Gasteiger partial charge in [0.15, 0.2) is 0 Å². The first-order chi connectivity index (χ1) is 10.7. The Bertz CT molecular complexity index is 529. The molecular formula is C15H21N5O2. The van der Waals surface area contributed by atoms with Crippen molar-refractivity contribution in [2.75, 3.05) is 13.1 Å². The predicted molar refractivity (Wildman–Crippen MR) is 79.6 cm³/mol. The maximum atomic E-state index is 12.3. The molecule has 0 bridgehead atoms. The van der Waals surface area contributed by atoms with Crippen LogP contribution in [0, 0.1) is 23.2 Å². The third kappa shape index (κ3) is 4.32. The van der Waals surface area contributed by atoms with Crippen molar-refractivity contribution in [2.24, 2.45) is 11.8 Å². The Kier molecular flexibility index (Phi) is 5.95. The Morgan fingerprint density at radius 1 is 1.36 bits per heavy atom. The molecule has 7 heteroatoms. The molecule has 3 N–H and O–H groups in total. The maximum Gasteiger partial charge on any atom is 0.269 e. The molecule has 0 aromatic carbocycles. The van der Waals surface area contributed by atoms with Crippen LogP contribution in [0.2, 0.25) is 0 Å². The fraction of sp³-hybridized carbons (Fsp3) is 0.600. The quantitative estimate of drug-likeness (QED) is 0.680. The van der Waals surface area contributed by atoms with Crippen LogP contribution in [0.5, 0.6) is 0 Å². The molecule has 7 nitrogen and oxygen atoms in total. The van der Waals surface area contributed by atoms with E-state index in [1.54, 1.807) is 0 Å². The number of aromatic nitrogens is 2. The average molecular weight is 303 g/mol. The van der Waals surface area contributed by atoms with E-state index in [9.17, 15) is 9.59 Å². The van der Waals surface area contributed by atoms with Gasteiger partial charge in [0.05, 0.1) is 24.5 Å². The van der Waals surface area contributed by atoms with Gasteiger partial charge in [-0.1, -0.05) is 19.3 Å². The number of hydrogen-bond donors (Lipinski definition) is 3. The van der Waals surface area contributed by atoms with Crippen molar-refractivity contribution in [1.82, 2.24) is 20.6 Å². The van der Waals surface area contributed by atoms with Gasteiger partial charge in [0.2, 0.25) is 5.91 Å². The van der Waals surface area contributed by atoms with Crippen LogP contribution in [0.15, 0.2) is 12.5 Å². The highest BCUT2D eigenvalue weighted by Crippen LogP contribution is 2.30. The first-order valence-corrected chi connectivity index (χ1v) is 7.63. The number of aromatic amines is 1. The van der Waals surface area contributed by atoms with Gasteiger partial charge in [-0.3, -0.25) is 9.59 Å². The molecule has 1 aliphatic rings. The van der Waals surface area contributed by atoms with Gasteiger partial charge in [0.1, 0.15) is 12.2 Å². The number of amides is 2. The zero-order valence-corrected chi connectivity index (χ0v) is 12.5. The van der Waals surface area contributed by atoms with Gasteiger partial charge >= 0.3 is 0 Å². The number of nitrogens with zero attached hydrogens (tertiary/aromatic N) is 2. The molecule has 1 fully saturated rings. The highest BCUT2D eigenvalue weighted by molar-refractivity contribution is 5.92. The standard InChI is InChI=1S/C15H21N5O2/c16-6-7-18-14(21)12(11-4-2-1-3-5-11)8-19-15(22)13-9-17-10-20-13/h9-12H,1-5,7-8H2,(H,17,20)(H,18,21)(H,19,22). The molecule has 1 unspecified atom stereocenters. The van der Waals surface area contributed by atoms with Crippen LogP contribution in [0.4, 0.5) is 0 Å². The number of carbonyl (C=O) groups excluding carboxylic acids is 2. The fourth-order valence-electron chi connectivity index (χ4n) is 2.95. The van der Waals surface area contributed by atoms with E-state index >= 15 is 0 Å². The molecular weight excluding hydrogens is 282 g/mol. The lowest BCUT2D eigenvalue weighted by molar-refractivity contribution is -0.126. The minimum absolute atomic E-state index is 0.00342. The summed E-state index contributed by atoms with van der Waals surface area (Å²) < 4.78 is 0. The fourth-order valence-corrected chi connectivity index (χ4v) is 2.95. The molecule has 1 aromatic rings. The monoisotopic (exact) mass is 303 g/mol. The van der Waals surface area contributed by atoms with Crippen LogP contribution in [-0.2, 0) is 4.79 Å². The SMILES string of the molecule is N#CCNC(=O)C(CNC(=O)c1cnc[nH]1)C1CCCCC1. The van der Waals surface area contributed by atoms with Gasteiger partial charge in [0, 0.05) is 6.54 Å². The van der Waals surface area contributed by atoms with Crippen molar-refractivity contribution < 1.29 is 9.59 Å². The van der Waals surface area contributed by atoms with Gasteiger partial charge in [0.25, 0.3) is 5.91 Å². The van der Waals surface area contributed by atoms with Gasteiger partial charge < -0.3 is 15.6 Å². The van der Waals surface area contributed by atoms with Crippen molar-refractivity contribution in [3.05, 3.63) is 18.2 Å². The van der Waals surface area contributed by atoms with E-state index in [2.05, 4.69) is 20.6 Å². The van der Waals surface area contributed by atoms with E-state index in [1.165, 1.54) is 18.9 Å². The number of nitrogens with one attached hydrogen (secondary N) is 3. The number of carbonyl (C=O) groups is 2. The highest BCUT2D eigenvalue weighted by Gasteiger charge is 2.29. The van der Waals surface area contributed by atoms with E-state index < -0.39 is 0 Å². The lowest BCUT2D eigenvalue weighted by Crippen LogP contribution is -2.43. The Balaban J connectivity index is 1.95. The van der Waals surface area contributed by atoms with Crippen LogP contribution in [0.1, 0.15) is 42.6 Å². The highest BCUT2D eigenvalue weighted by atomic mass is 16.2. The van der Waals surface area contributed by atoms with Gasteiger partial charge in [-0.15, -0.1) is 0 Å². The van der Waals surface area contributed by atoms with Crippen molar-refractivity contribution in [2.45, 2.75) is 32.1 Å². The molecule has 0 radical (unpaired) electrons. The van der Waals surface area contributed by atoms with Gasteiger partial charge in [-0.25, -0.2) is 4.98 Å². The summed E-state index contributed by atoms with van der Waals surface area (Å²) in [5, 5.41) is 14.0. The molecule has 1 atom stereocenters. The zero-order valence-electron chi connectivity index (χ0n) is 12.5. The first kappa shape index (κ1) is 16.0. The van der Waals surface area contributed by atoms with Gasteiger partial charge in [-0.05, 0) is 18.8 Å². The summed E-state index contributed by atoms with van der Waals surface area (Å²) in [6.07, 6.45) is 8.29. The predicted octanol–water partition coefficient (Wildman–Crippen LogP) is 0.976. The van der Waals surface area contributed by atoms with Crippen molar-refractivity contribution in [1.29, 1.82) is 5.26 Å². The second-order valence-corrected chi connectivity index (χ2v) is 5.56. The van der Waals surface area contributed by atoms with E-state index in [-0.39, 0.29) is 36.7 Å². The molecule has 2 amide bonds. The zero-order chi connectivity index (χ0) is 15.8. The topological polar surface area (TPSA) is 111 Å². The van der Waals surface area contributed by atoms with E-state index in [0.717, 1.165) is 25.7 Å². The molecule has 0 aliphatic heterocycles. The van der Waals surface area contributed by atoms with Crippen molar-refractivity contribution in [3.63, 3.8) is 0 Å². The molecule has 0 spiro atoms. The van der Waals surface area contributed by atoms with Crippen LogP contribution in [-0.4, -0.2) is 34.9 Å². The maximum absolute atomic E-state index is 12.3. The molecule has 22 heavy (non-hydrogen) atoms. The van der Waals surface area contributed by atoms with Crippen molar-refractivity contribution >= 4 is 11.8 Å². The lowest BCUT2D eigenvalue weighted by Gasteiger charge is -2.29. The summed E-state index contributed by atoms with van der Waals surface area (Å²) in [6.45, 7) is 0.274. The summed E-state index contributed by atoms with van der Waals surface area (Å²) in [7, 11) is 0. The average Bonchev–Trinajstić information content (AvgIpc) is 3.08. The second-order valence-electron chi connectivity index (χ2n) is 5.56. The van der Waals surface area contributed by atoms with Crippen LogP contribution in [0.25, 0.3) is 0 Å². The largest absolute Gasteiger partial charge is 0.350 e. The molecule has 118 valence electrons. The molecule has 2 rings (SSSR count). The number of imidazole rings is 1. The van der Waals surface area contributed by atoms with E-state index in [0.29, 0.717) is 5.69 Å². The molecule has 0 saturated heterocycles. The van der Waals surface area contributed by atoms with Gasteiger partial charge in [-0.2, -0.15) is 5.26 Å². The molecule has 1 aliphatic carbocycles. The Hall–Kier alpha value is -2.36. The normalized spacial score (nSPS) is 16.5. The smallest absolute Gasteiger partial charge is 0.269 e. The van der Waals surface area contributed by atoms with Crippen molar-refractivity contribution in [3.8, 4) is 6.07 Å². The van der Waals surface area contributed by atoms with E-state index in [4.69, 9.17) is 5.26 Å². The Morgan fingerprint density at radius 3 is 2.77 bits per heavy atom. The Morgan fingerprint density at radius 2 is 2.14 bits per heavy atom. The minimum Gasteiger partial charge on any atom is -0.350 e. The summed E-state index contributed by atoms with van der Waals surface area (Å²) in [5.74, 6) is -0.459. The van der Waals surface area contributed by atoms with Crippen LogP contribution >= 0.6 is 0 Å². The number of H-pyrrole nitrogens is 1. The summed E-state index contributed by atoms with van der Waals surface area (Å²) in [5.41, 5.74) is 0.375. The minimum atomic E-state index is -0.291. The number of hydrogen-bond acceptors (Lipinski definition) is 4. The third-order valence-corrected chi connectivity index (χ3v) is 4.12. The third-order valence-electron chi connectivity index (χ3n) is 4.12. The molecule has 1 saturated carbocycles. The summed E-state index contributed by atoms with van der Waals surface area (Å²) in [4.78, 5) is 30.8. The number of rotatable bonds is 6. The molecule has 1 aromatic heterocycles.